The van der Waals surface area contributed by atoms with Crippen LogP contribution in [-0.4, -0.2) is 16.8 Å². The molecule has 1 unspecified atom stereocenters. The lowest BCUT2D eigenvalue weighted by atomic mass is 10.1. The van der Waals surface area contributed by atoms with Gasteiger partial charge >= 0.3 is 0 Å². The van der Waals surface area contributed by atoms with Crippen molar-refractivity contribution in [3.8, 4) is 0 Å². The van der Waals surface area contributed by atoms with E-state index in [-0.39, 0.29) is 24.3 Å². The van der Waals surface area contributed by atoms with Crippen LogP contribution in [0.2, 0.25) is 0 Å². The Labute approximate surface area is 168 Å². The molecule has 0 saturated carbocycles. The maximum atomic E-state index is 12.2. The van der Waals surface area contributed by atoms with Crippen LogP contribution in [0.3, 0.4) is 0 Å². The zero-order chi connectivity index (χ0) is 19.8. The van der Waals surface area contributed by atoms with Gasteiger partial charge in [0.1, 0.15) is 0 Å². The van der Waals surface area contributed by atoms with Crippen molar-refractivity contribution in [1.29, 1.82) is 0 Å². The molecular weight excluding hydrogens is 370 g/mol. The third-order valence-corrected chi connectivity index (χ3v) is 4.83. The predicted octanol–water partition coefficient (Wildman–Crippen LogP) is 4.21. The average Bonchev–Trinajstić information content (AvgIpc) is 3.14. The van der Waals surface area contributed by atoms with Gasteiger partial charge in [0, 0.05) is 11.5 Å². The highest BCUT2D eigenvalue weighted by Gasteiger charge is 2.12. The number of amides is 2. The Morgan fingerprint density at radius 2 is 1.75 bits per heavy atom. The van der Waals surface area contributed by atoms with E-state index in [1.54, 1.807) is 11.5 Å². The number of nitrogens with one attached hydrogen (secondary N) is 2. The normalized spacial score (nSPS) is 11.9. The molecule has 0 aliphatic heterocycles. The van der Waals surface area contributed by atoms with Crippen molar-refractivity contribution < 1.29 is 9.59 Å². The van der Waals surface area contributed by atoms with Gasteiger partial charge in [-0.3, -0.25) is 14.9 Å². The number of hydrogen-bond donors (Lipinski definition) is 2. The van der Waals surface area contributed by atoms with Crippen molar-refractivity contribution in [2.24, 2.45) is 0 Å². The molecule has 2 N–H and O–H groups in total. The van der Waals surface area contributed by atoms with Crippen LogP contribution in [0.4, 0.5) is 5.13 Å². The minimum atomic E-state index is -0.257. The van der Waals surface area contributed by atoms with Crippen molar-refractivity contribution in [2.75, 3.05) is 5.32 Å². The number of benzene rings is 2. The van der Waals surface area contributed by atoms with E-state index >= 15 is 0 Å². The van der Waals surface area contributed by atoms with E-state index in [4.69, 9.17) is 0 Å². The van der Waals surface area contributed by atoms with Gasteiger partial charge in [-0.1, -0.05) is 60.7 Å². The third kappa shape index (κ3) is 5.89. The standard InChI is InChI=1S/C22H21N3O2S/c1-16(18-10-6-3-7-11-18)23-21(27)14-19-15-28-22(24-19)25-20(26)13-12-17-8-4-2-5-9-17/h2-13,15-16H,14H2,1H3,(H,23,27)(H,24,25,26)/b13-12+. The van der Waals surface area contributed by atoms with Crippen molar-refractivity contribution in [3.05, 3.63) is 88.9 Å². The number of nitrogens with zero attached hydrogens (tertiary/aromatic N) is 1. The zero-order valence-electron chi connectivity index (χ0n) is 15.5. The van der Waals surface area contributed by atoms with Gasteiger partial charge in [0.25, 0.3) is 0 Å². The van der Waals surface area contributed by atoms with Gasteiger partial charge in [0.05, 0.1) is 18.2 Å². The van der Waals surface area contributed by atoms with E-state index in [0.29, 0.717) is 10.8 Å². The molecule has 0 aliphatic carbocycles. The largest absolute Gasteiger partial charge is 0.349 e. The van der Waals surface area contributed by atoms with Crippen LogP contribution >= 0.6 is 11.3 Å². The average molecular weight is 391 g/mol. The molecule has 0 spiro atoms. The Balaban J connectivity index is 1.50. The molecule has 28 heavy (non-hydrogen) atoms. The van der Waals surface area contributed by atoms with Gasteiger partial charge in [-0.2, -0.15) is 0 Å². The smallest absolute Gasteiger partial charge is 0.250 e. The maximum Gasteiger partial charge on any atom is 0.250 e. The summed E-state index contributed by atoms with van der Waals surface area (Å²) < 4.78 is 0. The Hall–Kier alpha value is -3.25. The van der Waals surface area contributed by atoms with E-state index < -0.39 is 0 Å². The fraction of sp³-hybridized carbons (Fsp3) is 0.136. The zero-order valence-corrected chi connectivity index (χ0v) is 16.3. The number of anilines is 1. The minimum absolute atomic E-state index is 0.0744. The molecule has 3 rings (SSSR count). The predicted molar refractivity (Wildman–Crippen MR) is 113 cm³/mol. The molecule has 0 radical (unpaired) electrons. The second-order valence-electron chi connectivity index (χ2n) is 6.25. The SMILES string of the molecule is CC(NC(=O)Cc1csc(NC(=O)/C=C/c2ccccc2)n1)c1ccccc1. The molecule has 3 aromatic rings. The molecule has 0 fully saturated rings. The summed E-state index contributed by atoms with van der Waals surface area (Å²) in [7, 11) is 0. The Bertz CT molecular complexity index is 952. The van der Waals surface area contributed by atoms with Gasteiger partial charge < -0.3 is 5.32 Å². The number of carbonyl (C=O) groups is 2. The lowest BCUT2D eigenvalue weighted by Gasteiger charge is -2.13. The topological polar surface area (TPSA) is 71.1 Å². The first kappa shape index (κ1) is 19.5. The van der Waals surface area contributed by atoms with Crippen LogP contribution in [0.15, 0.2) is 72.1 Å². The number of rotatable bonds is 7. The van der Waals surface area contributed by atoms with Crippen LogP contribution in [0, 0.1) is 0 Å². The number of carbonyl (C=O) groups excluding carboxylic acids is 2. The molecule has 1 aromatic heterocycles. The molecule has 1 heterocycles. The molecule has 0 saturated heterocycles. The van der Waals surface area contributed by atoms with Crippen molar-refractivity contribution in [3.63, 3.8) is 0 Å². The Morgan fingerprint density at radius 1 is 1.07 bits per heavy atom. The molecule has 0 bridgehead atoms. The summed E-state index contributed by atoms with van der Waals surface area (Å²) in [6.45, 7) is 1.94. The lowest BCUT2D eigenvalue weighted by Crippen LogP contribution is -2.28. The van der Waals surface area contributed by atoms with Crippen molar-refractivity contribution in [1.82, 2.24) is 10.3 Å². The Kier molecular flexibility index (Phi) is 6.70. The van der Waals surface area contributed by atoms with Gasteiger partial charge in [-0.05, 0) is 24.1 Å². The number of hydrogen-bond acceptors (Lipinski definition) is 4. The van der Waals surface area contributed by atoms with Crippen LogP contribution < -0.4 is 10.6 Å². The fourth-order valence-electron chi connectivity index (χ4n) is 2.61. The van der Waals surface area contributed by atoms with Crippen LogP contribution in [0.1, 0.15) is 29.8 Å². The molecule has 2 aromatic carbocycles. The highest BCUT2D eigenvalue weighted by atomic mass is 32.1. The first-order valence-corrected chi connectivity index (χ1v) is 9.81. The van der Waals surface area contributed by atoms with E-state index in [2.05, 4.69) is 15.6 Å². The molecule has 5 nitrogen and oxygen atoms in total. The summed E-state index contributed by atoms with van der Waals surface area (Å²) in [4.78, 5) is 28.6. The number of aromatic nitrogens is 1. The second-order valence-corrected chi connectivity index (χ2v) is 7.11. The second kappa shape index (κ2) is 9.62. The third-order valence-electron chi connectivity index (χ3n) is 4.03. The molecule has 0 aliphatic rings. The minimum Gasteiger partial charge on any atom is -0.349 e. The van der Waals surface area contributed by atoms with E-state index in [1.807, 2.05) is 67.6 Å². The molecule has 2 amide bonds. The first-order chi connectivity index (χ1) is 13.6. The maximum absolute atomic E-state index is 12.2. The lowest BCUT2D eigenvalue weighted by molar-refractivity contribution is -0.121. The number of thiazole rings is 1. The summed E-state index contributed by atoms with van der Waals surface area (Å²) in [6.07, 6.45) is 3.37. The van der Waals surface area contributed by atoms with E-state index in [1.165, 1.54) is 17.4 Å². The summed E-state index contributed by atoms with van der Waals surface area (Å²) in [5, 5.41) is 7.94. The quantitative estimate of drug-likeness (QED) is 0.593. The Morgan fingerprint density at radius 3 is 2.46 bits per heavy atom. The fourth-order valence-corrected chi connectivity index (χ4v) is 3.32. The summed E-state index contributed by atoms with van der Waals surface area (Å²) >= 11 is 1.30. The van der Waals surface area contributed by atoms with Crippen LogP contribution in [0.25, 0.3) is 6.08 Å². The van der Waals surface area contributed by atoms with Crippen molar-refractivity contribution >= 4 is 34.4 Å². The van der Waals surface area contributed by atoms with E-state index in [9.17, 15) is 9.59 Å². The van der Waals surface area contributed by atoms with Crippen LogP contribution in [-0.2, 0) is 16.0 Å². The molecule has 142 valence electrons. The first-order valence-electron chi connectivity index (χ1n) is 8.93. The van der Waals surface area contributed by atoms with Crippen LogP contribution in [0.5, 0.6) is 0 Å². The van der Waals surface area contributed by atoms with Crippen molar-refractivity contribution in [2.45, 2.75) is 19.4 Å². The monoisotopic (exact) mass is 391 g/mol. The summed E-state index contributed by atoms with van der Waals surface area (Å²) in [5.41, 5.74) is 2.62. The highest BCUT2D eigenvalue weighted by molar-refractivity contribution is 7.14. The van der Waals surface area contributed by atoms with Gasteiger partial charge in [-0.25, -0.2) is 4.98 Å². The summed E-state index contributed by atoms with van der Waals surface area (Å²) in [6, 6.07) is 19.3. The summed E-state index contributed by atoms with van der Waals surface area (Å²) in [5.74, 6) is -0.365. The molecule has 6 heteroatoms. The van der Waals surface area contributed by atoms with E-state index in [0.717, 1.165) is 11.1 Å². The highest BCUT2D eigenvalue weighted by Crippen LogP contribution is 2.17. The van der Waals surface area contributed by atoms with Gasteiger partial charge in [0.15, 0.2) is 5.13 Å². The molecule has 1 atom stereocenters. The van der Waals surface area contributed by atoms with Gasteiger partial charge in [-0.15, -0.1) is 11.3 Å². The van der Waals surface area contributed by atoms with Gasteiger partial charge in [0.2, 0.25) is 11.8 Å². The molecular formula is C22H21N3O2S.